The molecule has 0 atom stereocenters. The number of aromatic hydroxyl groups is 1. The molecule has 0 saturated heterocycles. The van der Waals surface area contributed by atoms with Crippen molar-refractivity contribution in [3.8, 4) is 5.75 Å². The number of hydrogen-bond donors (Lipinski definition) is 4. The van der Waals surface area contributed by atoms with Gasteiger partial charge in [-0.15, -0.1) is 0 Å². The van der Waals surface area contributed by atoms with Crippen LogP contribution in [0.5, 0.6) is 5.75 Å². The van der Waals surface area contributed by atoms with E-state index in [-0.39, 0.29) is 17.0 Å². The molecule has 0 saturated carbocycles. The quantitative estimate of drug-likeness (QED) is 0.636. The van der Waals surface area contributed by atoms with Crippen molar-refractivity contribution in [2.45, 2.75) is 0 Å². The number of amides is 2. The molecule has 2 aromatic carbocycles. The first-order chi connectivity index (χ1) is 9.97. The van der Waals surface area contributed by atoms with Crippen LogP contribution in [0.4, 0.5) is 16.2 Å². The van der Waals surface area contributed by atoms with E-state index in [4.69, 9.17) is 5.11 Å². The van der Waals surface area contributed by atoms with Gasteiger partial charge < -0.3 is 20.8 Å². The van der Waals surface area contributed by atoms with Crippen molar-refractivity contribution in [3.05, 3.63) is 52.5 Å². The van der Waals surface area contributed by atoms with Gasteiger partial charge in [0.1, 0.15) is 5.75 Å². The van der Waals surface area contributed by atoms with E-state index in [1.165, 1.54) is 12.1 Å². The van der Waals surface area contributed by atoms with Crippen LogP contribution in [0.3, 0.4) is 0 Å². The Bertz CT molecular complexity index is 703. The van der Waals surface area contributed by atoms with Gasteiger partial charge in [0.15, 0.2) is 0 Å². The van der Waals surface area contributed by atoms with Gasteiger partial charge in [0.2, 0.25) is 0 Å². The molecular weight excluding hydrogens is 340 g/mol. The summed E-state index contributed by atoms with van der Waals surface area (Å²) in [5.74, 6) is -1.48. The van der Waals surface area contributed by atoms with Gasteiger partial charge in [-0.1, -0.05) is 12.1 Å². The predicted molar refractivity (Wildman–Crippen MR) is 81.8 cm³/mol. The first-order valence-electron chi connectivity index (χ1n) is 5.86. The van der Waals surface area contributed by atoms with Crippen LogP contribution in [0.25, 0.3) is 0 Å². The van der Waals surface area contributed by atoms with Gasteiger partial charge in [-0.3, -0.25) is 0 Å². The normalized spacial score (nSPS) is 9.95. The fourth-order valence-corrected chi connectivity index (χ4v) is 1.99. The number of benzene rings is 2. The lowest BCUT2D eigenvalue weighted by Crippen LogP contribution is -2.19. The molecule has 0 fully saturated rings. The molecule has 0 unspecified atom stereocenters. The van der Waals surface area contributed by atoms with Crippen molar-refractivity contribution in [1.82, 2.24) is 0 Å². The van der Waals surface area contributed by atoms with Gasteiger partial charge in [-0.05, 0) is 46.3 Å². The summed E-state index contributed by atoms with van der Waals surface area (Å²) in [6.45, 7) is 0. The fraction of sp³-hybridized carbons (Fsp3) is 0. The number of halogens is 1. The van der Waals surface area contributed by atoms with Crippen molar-refractivity contribution < 1.29 is 19.8 Å². The Labute approximate surface area is 128 Å². The number of carbonyl (C=O) groups excluding carboxylic acids is 1. The molecule has 6 nitrogen and oxygen atoms in total. The molecule has 108 valence electrons. The summed E-state index contributed by atoms with van der Waals surface area (Å²) in [6.07, 6.45) is 0. The van der Waals surface area contributed by atoms with Crippen molar-refractivity contribution in [1.29, 1.82) is 0 Å². The smallest absolute Gasteiger partial charge is 0.335 e. The van der Waals surface area contributed by atoms with E-state index < -0.39 is 12.0 Å². The molecule has 0 aliphatic carbocycles. The lowest BCUT2D eigenvalue weighted by Gasteiger charge is -2.10. The maximum Gasteiger partial charge on any atom is 0.335 e. The van der Waals surface area contributed by atoms with Crippen molar-refractivity contribution >= 4 is 39.3 Å². The topological polar surface area (TPSA) is 98.7 Å². The minimum Gasteiger partial charge on any atom is -0.506 e. The van der Waals surface area contributed by atoms with E-state index in [1.807, 2.05) is 6.07 Å². The van der Waals surface area contributed by atoms with Gasteiger partial charge in [0.25, 0.3) is 0 Å². The van der Waals surface area contributed by atoms with Crippen LogP contribution >= 0.6 is 15.9 Å². The lowest BCUT2D eigenvalue weighted by atomic mass is 10.2. The molecule has 4 N–H and O–H groups in total. The molecule has 0 radical (unpaired) electrons. The Morgan fingerprint density at radius 1 is 1.00 bits per heavy atom. The minimum atomic E-state index is -1.16. The third kappa shape index (κ3) is 3.73. The number of aromatic carboxylic acids is 1. The van der Waals surface area contributed by atoms with Crippen LogP contribution in [-0.4, -0.2) is 22.2 Å². The van der Waals surface area contributed by atoms with Crippen LogP contribution in [0, 0.1) is 0 Å². The number of carboxylic acids is 1. The van der Waals surface area contributed by atoms with Gasteiger partial charge in [-0.25, -0.2) is 9.59 Å². The SMILES string of the molecule is O=C(Nc1ccc(C(=O)O)cc1O)Nc1ccccc1Br. The number of hydrogen-bond acceptors (Lipinski definition) is 3. The van der Waals surface area contributed by atoms with Gasteiger partial charge >= 0.3 is 12.0 Å². The highest BCUT2D eigenvalue weighted by Crippen LogP contribution is 2.25. The number of carboxylic acid groups (broad SMARTS) is 1. The predicted octanol–water partition coefficient (Wildman–Crippen LogP) is 3.50. The average molecular weight is 351 g/mol. The summed E-state index contributed by atoms with van der Waals surface area (Å²) in [6, 6.07) is 10.2. The molecule has 0 spiro atoms. The maximum absolute atomic E-state index is 11.8. The highest BCUT2D eigenvalue weighted by molar-refractivity contribution is 9.10. The number of anilines is 2. The molecule has 0 aliphatic rings. The van der Waals surface area contributed by atoms with E-state index in [1.54, 1.807) is 18.2 Å². The summed E-state index contributed by atoms with van der Waals surface area (Å²) in [4.78, 5) is 22.6. The molecule has 21 heavy (non-hydrogen) atoms. The van der Waals surface area contributed by atoms with Crippen LogP contribution < -0.4 is 10.6 Å². The van der Waals surface area contributed by atoms with Crippen LogP contribution in [0.1, 0.15) is 10.4 Å². The summed E-state index contributed by atoms with van der Waals surface area (Å²) >= 11 is 3.29. The fourth-order valence-electron chi connectivity index (χ4n) is 1.61. The average Bonchev–Trinajstić information content (AvgIpc) is 2.43. The number of rotatable bonds is 3. The lowest BCUT2D eigenvalue weighted by molar-refractivity contribution is 0.0696. The number of para-hydroxylation sites is 1. The van der Waals surface area contributed by atoms with E-state index in [9.17, 15) is 14.7 Å². The molecule has 0 aromatic heterocycles. The molecule has 2 aromatic rings. The number of phenols is 1. The van der Waals surface area contributed by atoms with Gasteiger partial charge in [0.05, 0.1) is 16.9 Å². The molecule has 2 rings (SSSR count). The minimum absolute atomic E-state index is 0.0655. The number of carbonyl (C=O) groups is 2. The second-order valence-corrected chi connectivity index (χ2v) is 4.95. The van der Waals surface area contributed by atoms with E-state index in [2.05, 4.69) is 26.6 Å². The third-order valence-corrected chi connectivity index (χ3v) is 3.31. The van der Waals surface area contributed by atoms with Gasteiger partial charge in [-0.2, -0.15) is 0 Å². The number of phenolic OH excluding ortho intramolecular Hbond substituents is 1. The molecule has 0 heterocycles. The Morgan fingerprint density at radius 2 is 1.67 bits per heavy atom. The standard InChI is InChI=1S/C14H11BrN2O4/c15-9-3-1-2-4-10(9)16-14(21)17-11-6-5-8(13(19)20)7-12(11)18/h1-7,18H,(H,19,20)(H2,16,17,21). The second-order valence-electron chi connectivity index (χ2n) is 4.10. The highest BCUT2D eigenvalue weighted by Gasteiger charge is 2.11. The summed E-state index contributed by atoms with van der Waals surface area (Å²) in [5.41, 5.74) is 0.616. The van der Waals surface area contributed by atoms with Gasteiger partial charge in [0, 0.05) is 4.47 Å². The highest BCUT2D eigenvalue weighted by atomic mass is 79.9. The van der Waals surface area contributed by atoms with Crippen molar-refractivity contribution in [2.75, 3.05) is 10.6 Å². The Balaban J connectivity index is 2.10. The first kappa shape index (κ1) is 14.9. The second kappa shape index (κ2) is 6.27. The molecule has 0 bridgehead atoms. The summed E-state index contributed by atoms with van der Waals surface area (Å²) in [7, 11) is 0. The van der Waals surface area contributed by atoms with Crippen LogP contribution in [0.2, 0.25) is 0 Å². The zero-order valence-corrected chi connectivity index (χ0v) is 12.2. The Kier molecular flexibility index (Phi) is 4.44. The summed E-state index contributed by atoms with van der Waals surface area (Å²) in [5, 5.41) is 23.5. The largest absolute Gasteiger partial charge is 0.506 e. The Hall–Kier alpha value is -2.54. The molecule has 0 aliphatic heterocycles. The summed E-state index contributed by atoms with van der Waals surface area (Å²) < 4.78 is 0.714. The van der Waals surface area contributed by atoms with Crippen molar-refractivity contribution in [2.24, 2.45) is 0 Å². The molecule has 7 heteroatoms. The van der Waals surface area contributed by atoms with Crippen molar-refractivity contribution in [3.63, 3.8) is 0 Å². The Morgan fingerprint density at radius 3 is 2.29 bits per heavy atom. The zero-order valence-electron chi connectivity index (χ0n) is 10.6. The van der Waals surface area contributed by atoms with E-state index >= 15 is 0 Å². The monoisotopic (exact) mass is 350 g/mol. The number of urea groups is 1. The maximum atomic E-state index is 11.8. The molecule has 2 amide bonds. The first-order valence-corrected chi connectivity index (χ1v) is 6.65. The molecular formula is C14H11BrN2O4. The van der Waals surface area contributed by atoms with E-state index in [0.29, 0.717) is 10.2 Å². The van der Waals surface area contributed by atoms with Crippen LogP contribution in [-0.2, 0) is 0 Å². The van der Waals surface area contributed by atoms with E-state index in [0.717, 1.165) is 6.07 Å². The van der Waals surface area contributed by atoms with Crippen LogP contribution in [0.15, 0.2) is 46.9 Å². The number of nitrogens with one attached hydrogen (secondary N) is 2. The third-order valence-electron chi connectivity index (χ3n) is 2.61. The zero-order chi connectivity index (χ0) is 15.4.